The Morgan fingerprint density at radius 3 is 2.76 bits per heavy atom. The van der Waals surface area contributed by atoms with E-state index in [1.807, 2.05) is 0 Å². The van der Waals surface area contributed by atoms with Gasteiger partial charge in [0.25, 0.3) is 5.69 Å². The molecule has 5 heteroatoms. The number of hydrogen-bond donors (Lipinski definition) is 1. The van der Waals surface area contributed by atoms with Crippen molar-refractivity contribution < 1.29 is 4.92 Å². The Hall–Kier alpha value is -2.17. The van der Waals surface area contributed by atoms with Crippen LogP contribution in [0.2, 0.25) is 0 Å². The largest absolute Gasteiger partial charge is 0.380 e. The predicted octanol–water partition coefficient (Wildman–Crippen LogP) is 3.99. The fourth-order valence-corrected chi connectivity index (χ4v) is 3.20. The summed E-state index contributed by atoms with van der Waals surface area (Å²) >= 11 is 0. The van der Waals surface area contributed by atoms with E-state index in [2.05, 4.69) is 24.1 Å². The first-order chi connectivity index (χ1) is 10.1. The maximum absolute atomic E-state index is 11.1. The van der Waals surface area contributed by atoms with Crippen LogP contribution in [0.4, 0.5) is 11.4 Å². The van der Waals surface area contributed by atoms with E-state index >= 15 is 0 Å². The molecule has 21 heavy (non-hydrogen) atoms. The Morgan fingerprint density at radius 1 is 1.29 bits per heavy atom. The van der Waals surface area contributed by atoms with Gasteiger partial charge in [-0.1, -0.05) is 13.8 Å². The minimum absolute atomic E-state index is 0.108. The van der Waals surface area contributed by atoms with E-state index in [-0.39, 0.29) is 10.6 Å². The molecule has 3 rings (SSSR count). The highest BCUT2D eigenvalue weighted by Crippen LogP contribution is 2.36. The quantitative estimate of drug-likeness (QED) is 0.684. The molecule has 0 bridgehead atoms. The number of non-ortho nitro benzene ring substituents is 1. The first-order valence-corrected chi connectivity index (χ1v) is 7.36. The minimum Gasteiger partial charge on any atom is -0.380 e. The zero-order valence-corrected chi connectivity index (χ0v) is 12.2. The molecule has 0 radical (unpaired) electrons. The molecule has 0 amide bonds. The van der Waals surface area contributed by atoms with Gasteiger partial charge in [0.2, 0.25) is 0 Å². The smallest absolute Gasteiger partial charge is 0.278 e. The van der Waals surface area contributed by atoms with Crippen LogP contribution in [-0.4, -0.2) is 15.9 Å². The van der Waals surface area contributed by atoms with Gasteiger partial charge in [0, 0.05) is 18.3 Å². The summed E-state index contributed by atoms with van der Waals surface area (Å²) in [4.78, 5) is 15.1. The number of nitro groups is 1. The molecule has 1 aliphatic carbocycles. The van der Waals surface area contributed by atoms with Crippen molar-refractivity contribution in [2.45, 2.75) is 32.7 Å². The van der Waals surface area contributed by atoms with Crippen LogP contribution in [0.5, 0.6) is 0 Å². The summed E-state index contributed by atoms with van der Waals surface area (Å²) in [5, 5.41) is 15.3. The predicted molar refractivity (Wildman–Crippen MR) is 83.4 cm³/mol. The van der Waals surface area contributed by atoms with E-state index in [0.717, 1.165) is 12.1 Å². The average molecular weight is 285 g/mol. The Labute approximate surface area is 123 Å². The van der Waals surface area contributed by atoms with Crippen LogP contribution in [0, 0.1) is 22.0 Å². The van der Waals surface area contributed by atoms with Crippen LogP contribution in [0.1, 0.15) is 26.7 Å². The first kappa shape index (κ1) is 13.8. The number of nitro benzene ring substituents is 1. The molecule has 1 fully saturated rings. The highest BCUT2D eigenvalue weighted by atomic mass is 16.6. The monoisotopic (exact) mass is 285 g/mol. The number of rotatable bonds is 3. The summed E-state index contributed by atoms with van der Waals surface area (Å²) in [5.74, 6) is 1.30. The summed E-state index contributed by atoms with van der Waals surface area (Å²) in [5.41, 5.74) is 1.68. The van der Waals surface area contributed by atoms with Gasteiger partial charge in [0.1, 0.15) is 5.52 Å². The molecule has 1 aromatic heterocycles. The van der Waals surface area contributed by atoms with Crippen LogP contribution in [-0.2, 0) is 0 Å². The second-order valence-electron chi connectivity index (χ2n) is 5.95. The van der Waals surface area contributed by atoms with E-state index in [0.29, 0.717) is 28.8 Å². The standard InChI is InChI=1S/C16H19N3O2/c1-10-5-6-13(11(10)2)18-14-7-8-15(19(20)21)12-4-3-9-17-16(12)14/h3-4,7-11,13,18H,5-6H2,1-2H3. The summed E-state index contributed by atoms with van der Waals surface area (Å²) in [7, 11) is 0. The number of hydrogen-bond acceptors (Lipinski definition) is 4. The highest BCUT2D eigenvalue weighted by Gasteiger charge is 2.30. The van der Waals surface area contributed by atoms with Gasteiger partial charge in [-0.2, -0.15) is 0 Å². The molecular weight excluding hydrogens is 266 g/mol. The van der Waals surface area contributed by atoms with Crippen molar-refractivity contribution in [1.29, 1.82) is 0 Å². The van der Waals surface area contributed by atoms with Gasteiger partial charge in [-0.15, -0.1) is 0 Å². The molecule has 0 spiro atoms. The van der Waals surface area contributed by atoms with Gasteiger partial charge in [-0.3, -0.25) is 15.1 Å². The van der Waals surface area contributed by atoms with Gasteiger partial charge < -0.3 is 5.32 Å². The van der Waals surface area contributed by atoms with E-state index in [1.165, 1.54) is 6.42 Å². The van der Waals surface area contributed by atoms with Gasteiger partial charge >= 0.3 is 0 Å². The van der Waals surface area contributed by atoms with Crippen molar-refractivity contribution in [2.75, 3.05) is 5.32 Å². The van der Waals surface area contributed by atoms with Crippen LogP contribution in [0.15, 0.2) is 30.5 Å². The number of nitrogens with zero attached hydrogens (tertiary/aromatic N) is 2. The molecule has 1 aliphatic rings. The third kappa shape index (κ3) is 2.44. The number of aromatic nitrogens is 1. The lowest BCUT2D eigenvalue weighted by molar-refractivity contribution is -0.383. The Balaban J connectivity index is 2.00. The lowest BCUT2D eigenvalue weighted by Crippen LogP contribution is -2.24. The minimum atomic E-state index is -0.353. The molecule has 2 aromatic rings. The number of fused-ring (bicyclic) bond motifs is 1. The summed E-state index contributed by atoms with van der Waals surface area (Å²) < 4.78 is 0. The van der Waals surface area contributed by atoms with Crippen molar-refractivity contribution in [3.63, 3.8) is 0 Å². The molecule has 1 heterocycles. The Morgan fingerprint density at radius 2 is 2.10 bits per heavy atom. The van der Waals surface area contributed by atoms with E-state index in [9.17, 15) is 10.1 Å². The Bertz CT molecular complexity index is 686. The zero-order chi connectivity index (χ0) is 15.0. The first-order valence-electron chi connectivity index (χ1n) is 7.36. The van der Waals surface area contributed by atoms with Crippen LogP contribution in [0.25, 0.3) is 10.9 Å². The van der Waals surface area contributed by atoms with Crippen molar-refractivity contribution in [1.82, 2.24) is 4.98 Å². The number of benzene rings is 1. The highest BCUT2D eigenvalue weighted by molar-refractivity contribution is 5.96. The maximum atomic E-state index is 11.1. The Kier molecular flexibility index (Phi) is 3.49. The maximum Gasteiger partial charge on any atom is 0.278 e. The lowest BCUT2D eigenvalue weighted by atomic mass is 9.97. The molecule has 1 saturated carbocycles. The third-order valence-corrected chi connectivity index (χ3v) is 4.75. The average Bonchev–Trinajstić information content (AvgIpc) is 2.79. The molecule has 5 nitrogen and oxygen atoms in total. The molecular formula is C16H19N3O2. The fraction of sp³-hybridized carbons (Fsp3) is 0.438. The molecule has 110 valence electrons. The number of anilines is 1. The topological polar surface area (TPSA) is 68.1 Å². The summed E-state index contributed by atoms with van der Waals surface area (Å²) in [6.07, 6.45) is 4.03. The van der Waals surface area contributed by atoms with Gasteiger partial charge in [0.15, 0.2) is 0 Å². The van der Waals surface area contributed by atoms with E-state index < -0.39 is 0 Å². The number of nitrogens with one attached hydrogen (secondary N) is 1. The van der Waals surface area contributed by atoms with Gasteiger partial charge in [0.05, 0.1) is 16.0 Å². The van der Waals surface area contributed by atoms with E-state index in [4.69, 9.17) is 0 Å². The second kappa shape index (κ2) is 5.31. The van der Waals surface area contributed by atoms with Crippen LogP contribution in [0.3, 0.4) is 0 Å². The van der Waals surface area contributed by atoms with Crippen molar-refractivity contribution in [3.8, 4) is 0 Å². The number of pyridine rings is 1. The molecule has 1 N–H and O–H groups in total. The van der Waals surface area contributed by atoms with Crippen molar-refractivity contribution >= 4 is 22.3 Å². The normalized spacial score (nSPS) is 25.1. The van der Waals surface area contributed by atoms with Crippen molar-refractivity contribution in [3.05, 3.63) is 40.6 Å². The van der Waals surface area contributed by atoms with Crippen LogP contribution < -0.4 is 5.32 Å². The lowest BCUT2D eigenvalue weighted by Gasteiger charge is -2.21. The summed E-state index contributed by atoms with van der Waals surface area (Å²) in [6.45, 7) is 4.54. The molecule has 3 atom stereocenters. The summed E-state index contributed by atoms with van der Waals surface area (Å²) in [6, 6.07) is 7.25. The molecule has 0 aliphatic heterocycles. The van der Waals surface area contributed by atoms with Gasteiger partial charge in [-0.05, 0) is 42.9 Å². The van der Waals surface area contributed by atoms with E-state index in [1.54, 1.807) is 30.5 Å². The second-order valence-corrected chi connectivity index (χ2v) is 5.95. The SMILES string of the molecule is CC1CCC(Nc2ccc([N+](=O)[O-])c3cccnc23)C1C. The van der Waals surface area contributed by atoms with Gasteiger partial charge in [-0.25, -0.2) is 0 Å². The molecule has 3 unspecified atom stereocenters. The molecule has 1 aromatic carbocycles. The molecule has 0 saturated heterocycles. The third-order valence-electron chi connectivity index (χ3n) is 4.75. The van der Waals surface area contributed by atoms with Crippen molar-refractivity contribution in [2.24, 2.45) is 11.8 Å². The van der Waals surface area contributed by atoms with Crippen LogP contribution >= 0.6 is 0 Å². The fourth-order valence-electron chi connectivity index (χ4n) is 3.20. The zero-order valence-electron chi connectivity index (χ0n) is 12.2.